The summed E-state index contributed by atoms with van der Waals surface area (Å²) in [6.45, 7) is 0. The lowest BCUT2D eigenvalue weighted by Gasteiger charge is -2.16. The zero-order chi connectivity index (χ0) is 33.4. The van der Waals surface area contributed by atoms with Crippen molar-refractivity contribution in [3.05, 3.63) is 175 Å². The van der Waals surface area contributed by atoms with Gasteiger partial charge < -0.3 is 0 Å². The molecule has 0 saturated heterocycles. The normalized spacial score (nSPS) is 11.2. The van der Waals surface area contributed by atoms with Crippen LogP contribution in [0.4, 0.5) is 0 Å². The molecule has 1 heterocycles. The minimum Gasteiger partial charge on any atom is -0.208 e. The lowest BCUT2D eigenvalue weighted by Crippen LogP contribution is -2.03. The molecule has 9 aromatic rings. The highest BCUT2D eigenvalue weighted by atomic mass is 15.0. The summed E-state index contributed by atoms with van der Waals surface area (Å²) in [4.78, 5) is 15.9. The minimum absolute atomic E-state index is 0.578. The van der Waals surface area contributed by atoms with Crippen molar-refractivity contribution in [1.29, 1.82) is 5.26 Å². The molecular formula is C46H28N4. The summed E-state index contributed by atoms with van der Waals surface area (Å²) in [5.74, 6) is 1.79. The van der Waals surface area contributed by atoms with Crippen LogP contribution in [0.25, 0.3) is 88.7 Å². The first-order valence-electron chi connectivity index (χ1n) is 16.6. The van der Waals surface area contributed by atoms with E-state index in [1.54, 1.807) is 0 Å². The van der Waals surface area contributed by atoms with Gasteiger partial charge >= 0.3 is 0 Å². The molecule has 8 aromatic carbocycles. The summed E-state index contributed by atoms with van der Waals surface area (Å²) in [5, 5.41) is 16.3. The summed E-state index contributed by atoms with van der Waals surface area (Å²) in [7, 11) is 0. The van der Waals surface area contributed by atoms with Gasteiger partial charge in [-0.25, -0.2) is 15.0 Å². The smallest absolute Gasteiger partial charge is 0.165 e. The number of nitriles is 1. The Kier molecular flexibility index (Phi) is 7.15. The number of rotatable bonds is 5. The molecule has 1 aromatic heterocycles. The largest absolute Gasteiger partial charge is 0.208 e. The molecule has 4 heteroatoms. The SMILES string of the molecule is N#Cc1ccc(-c2ccccc2-c2nc(-c3ccccc3-c3ccccc3)nc(-c3c4ccccc4cc4c3ccc3ccccc34)n2)cc1. The van der Waals surface area contributed by atoms with E-state index >= 15 is 0 Å². The van der Waals surface area contributed by atoms with E-state index in [0.29, 0.717) is 23.0 Å². The van der Waals surface area contributed by atoms with E-state index in [1.807, 2.05) is 48.5 Å². The van der Waals surface area contributed by atoms with Crippen LogP contribution in [0, 0.1) is 11.3 Å². The average Bonchev–Trinajstić information content (AvgIpc) is 3.20. The molecule has 0 saturated carbocycles. The molecule has 0 aliphatic heterocycles. The molecule has 0 bridgehead atoms. The van der Waals surface area contributed by atoms with Crippen molar-refractivity contribution in [2.24, 2.45) is 0 Å². The Labute approximate surface area is 289 Å². The van der Waals surface area contributed by atoms with Crippen molar-refractivity contribution in [2.75, 3.05) is 0 Å². The molecule has 0 aliphatic carbocycles. The van der Waals surface area contributed by atoms with E-state index in [0.717, 1.165) is 60.5 Å². The summed E-state index contributed by atoms with van der Waals surface area (Å²) in [6, 6.07) is 60.4. The van der Waals surface area contributed by atoms with Gasteiger partial charge in [0.05, 0.1) is 11.6 Å². The molecule has 0 N–H and O–H groups in total. The van der Waals surface area contributed by atoms with Crippen LogP contribution < -0.4 is 0 Å². The van der Waals surface area contributed by atoms with Crippen LogP contribution in [0.3, 0.4) is 0 Å². The van der Waals surface area contributed by atoms with E-state index in [2.05, 4.69) is 127 Å². The Morgan fingerprint density at radius 1 is 0.360 bits per heavy atom. The van der Waals surface area contributed by atoms with Crippen LogP contribution >= 0.6 is 0 Å². The maximum atomic E-state index is 9.45. The van der Waals surface area contributed by atoms with Gasteiger partial charge in [0.2, 0.25) is 0 Å². The van der Waals surface area contributed by atoms with Crippen molar-refractivity contribution in [2.45, 2.75) is 0 Å². The third kappa shape index (κ3) is 5.06. The highest BCUT2D eigenvalue weighted by Crippen LogP contribution is 2.41. The molecule has 4 nitrogen and oxygen atoms in total. The van der Waals surface area contributed by atoms with Gasteiger partial charge in [0.25, 0.3) is 0 Å². The number of hydrogen-bond donors (Lipinski definition) is 0. The molecule has 232 valence electrons. The second-order valence-electron chi connectivity index (χ2n) is 12.3. The van der Waals surface area contributed by atoms with Crippen LogP contribution in [0.5, 0.6) is 0 Å². The molecule has 0 amide bonds. The monoisotopic (exact) mass is 636 g/mol. The van der Waals surface area contributed by atoms with Gasteiger partial charge in [0, 0.05) is 16.7 Å². The van der Waals surface area contributed by atoms with Crippen LogP contribution in [-0.2, 0) is 0 Å². The number of benzene rings is 8. The van der Waals surface area contributed by atoms with Crippen molar-refractivity contribution in [3.63, 3.8) is 0 Å². The quantitative estimate of drug-likeness (QED) is 0.139. The lowest BCUT2D eigenvalue weighted by atomic mass is 9.92. The van der Waals surface area contributed by atoms with E-state index < -0.39 is 0 Å². The van der Waals surface area contributed by atoms with Crippen molar-refractivity contribution < 1.29 is 0 Å². The zero-order valence-electron chi connectivity index (χ0n) is 27.0. The molecule has 0 fully saturated rings. The van der Waals surface area contributed by atoms with Gasteiger partial charge in [0.15, 0.2) is 17.5 Å². The number of aromatic nitrogens is 3. The molecule has 0 spiro atoms. The van der Waals surface area contributed by atoms with Crippen molar-refractivity contribution in [1.82, 2.24) is 15.0 Å². The molecule has 50 heavy (non-hydrogen) atoms. The minimum atomic E-state index is 0.578. The molecule has 0 radical (unpaired) electrons. The Hall–Kier alpha value is -6.96. The van der Waals surface area contributed by atoms with Crippen molar-refractivity contribution in [3.8, 4) is 62.5 Å². The van der Waals surface area contributed by atoms with Gasteiger partial charge in [-0.15, -0.1) is 0 Å². The Morgan fingerprint density at radius 3 is 1.54 bits per heavy atom. The van der Waals surface area contributed by atoms with Crippen LogP contribution in [0.15, 0.2) is 170 Å². The zero-order valence-corrected chi connectivity index (χ0v) is 27.0. The molecule has 0 atom stereocenters. The van der Waals surface area contributed by atoms with Gasteiger partial charge in [-0.1, -0.05) is 152 Å². The second-order valence-corrected chi connectivity index (χ2v) is 12.3. The maximum absolute atomic E-state index is 9.45. The first-order valence-corrected chi connectivity index (χ1v) is 16.6. The number of hydrogen-bond acceptors (Lipinski definition) is 4. The van der Waals surface area contributed by atoms with Gasteiger partial charge in [0.1, 0.15) is 0 Å². The summed E-state index contributed by atoms with van der Waals surface area (Å²) in [5.41, 5.74) is 7.49. The van der Waals surface area contributed by atoms with E-state index in [1.165, 1.54) is 10.8 Å². The summed E-state index contributed by atoms with van der Waals surface area (Å²) < 4.78 is 0. The summed E-state index contributed by atoms with van der Waals surface area (Å²) in [6.07, 6.45) is 0. The first kappa shape index (κ1) is 29.2. The standard InChI is InChI=1S/C46H28N4/c47-29-30-22-24-33(25-23-30)36-17-9-11-21-41(36)45-48-44(40-20-10-8-16-35(40)31-12-2-1-3-13-31)49-46(50-45)43-38-19-7-5-15-34(38)28-42-37-18-6-4-14-32(37)26-27-39(42)43/h1-28H. The highest BCUT2D eigenvalue weighted by Gasteiger charge is 2.21. The van der Waals surface area contributed by atoms with Crippen LogP contribution in [0.1, 0.15) is 5.56 Å². The van der Waals surface area contributed by atoms with Gasteiger partial charge in [-0.3, -0.25) is 0 Å². The fraction of sp³-hybridized carbons (Fsp3) is 0. The fourth-order valence-electron chi connectivity index (χ4n) is 6.99. The topological polar surface area (TPSA) is 62.5 Å². The maximum Gasteiger partial charge on any atom is 0.165 e. The third-order valence-electron chi connectivity index (χ3n) is 9.37. The summed E-state index contributed by atoms with van der Waals surface area (Å²) >= 11 is 0. The number of fused-ring (bicyclic) bond motifs is 4. The van der Waals surface area contributed by atoms with Gasteiger partial charge in [-0.2, -0.15) is 5.26 Å². The molecule has 0 unspecified atom stereocenters. The molecular weight excluding hydrogens is 609 g/mol. The highest BCUT2D eigenvalue weighted by molar-refractivity contribution is 6.19. The Morgan fingerprint density at radius 2 is 0.880 bits per heavy atom. The Bertz CT molecular complexity index is 2760. The van der Waals surface area contributed by atoms with E-state index in [9.17, 15) is 5.26 Å². The second kappa shape index (κ2) is 12.2. The van der Waals surface area contributed by atoms with E-state index in [-0.39, 0.29) is 0 Å². The molecule has 9 rings (SSSR count). The third-order valence-corrected chi connectivity index (χ3v) is 9.37. The lowest BCUT2D eigenvalue weighted by molar-refractivity contribution is 1.08. The number of nitrogens with zero attached hydrogens (tertiary/aromatic N) is 4. The van der Waals surface area contributed by atoms with Gasteiger partial charge in [-0.05, 0) is 72.8 Å². The first-order chi connectivity index (χ1) is 24.7. The van der Waals surface area contributed by atoms with Crippen LogP contribution in [-0.4, -0.2) is 15.0 Å². The average molecular weight is 637 g/mol. The predicted octanol–water partition coefficient (Wildman–Crippen LogP) is 11.5. The molecule has 0 aliphatic rings. The fourth-order valence-corrected chi connectivity index (χ4v) is 6.99. The van der Waals surface area contributed by atoms with E-state index in [4.69, 9.17) is 15.0 Å². The Balaban J connectivity index is 1.37. The van der Waals surface area contributed by atoms with Crippen molar-refractivity contribution >= 4 is 32.3 Å². The predicted molar refractivity (Wildman–Crippen MR) is 204 cm³/mol. The van der Waals surface area contributed by atoms with Crippen LogP contribution in [0.2, 0.25) is 0 Å².